The highest BCUT2D eigenvalue weighted by Crippen LogP contribution is 2.35. The number of amides is 2. The van der Waals surface area contributed by atoms with E-state index < -0.39 is 31.3 Å². The molecule has 8 rings (SSSR count). The maximum absolute atomic E-state index is 13.7. The molecule has 0 bridgehead atoms. The van der Waals surface area contributed by atoms with E-state index in [0.717, 1.165) is 48.2 Å². The number of sulfone groups is 2. The number of nitrogens with one attached hydrogen (secondary N) is 2. The number of halogens is 3. The zero-order valence-electron chi connectivity index (χ0n) is 34.6. The molecule has 0 aliphatic carbocycles. The first-order valence-corrected chi connectivity index (χ1v) is 22.8. The van der Waals surface area contributed by atoms with Gasteiger partial charge in [0.2, 0.25) is 0 Å². The number of carbonyl (C=O) groups is 2. The van der Waals surface area contributed by atoms with Crippen molar-refractivity contribution in [1.29, 1.82) is 0 Å². The smallest absolute Gasteiger partial charge is 0.257 e. The maximum Gasteiger partial charge on any atom is 0.257 e. The second-order valence-electron chi connectivity index (χ2n) is 14.6. The molecule has 0 saturated carbocycles. The van der Waals surface area contributed by atoms with Crippen molar-refractivity contribution in [2.75, 3.05) is 43.0 Å². The minimum atomic E-state index is -3.71. The van der Waals surface area contributed by atoms with Gasteiger partial charge in [0.15, 0.2) is 19.7 Å². The molecule has 4 N–H and O–H groups in total. The Morgan fingerprint density at radius 1 is 0.635 bits per heavy atom. The standard InChI is InChI=1S/C21H20FN5O3S.C15H13ClFN3O3S.C5H7N3/c1-12-4-6-14(26-25-12)9-15-10-17(20-18(23-15)11-27(2)21(20)28)24-16-7-5-13(22)8-19(16)31(3,29)30;1-20-7-11-14(15(20)21)10(6-13(16)19-11)18-9-4-3-8(17)5-12(9)24(2,22)23;1-4-2-3-5(6)8-7-4/h4-8,10H,9,11H2,1-3H3,(H,23,24);3-6H,7H2,1-2H3,(H,18,19);2-3H,1H3,(H2,6,8). The van der Waals surface area contributed by atoms with Crippen LogP contribution < -0.4 is 16.4 Å². The number of benzene rings is 2. The van der Waals surface area contributed by atoms with Crippen LogP contribution in [0.1, 0.15) is 54.9 Å². The summed E-state index contributed by atoms with van der Waals surface area (Å²) in [5.74, 6) is -1.35. The molecule has 0 saturated heterocycles. The Kier molecular flexibility index (Phi) is 13.3. The molecule has 0 fully saturated rings. The van der Waals surface area contributed by atoms with Gasteiger partial charge in [-0.3, -0.25) is 14.6 Å². The Bertz CT molecular complexity index is 2960. The zero-order valence-corrected chi connectivity index (χ0v) is 37.0. The van der Waals surface area contributed by atoms with Crippen LogP contribution in [0.3, 0.4) is 0 Å². The molecule has 0 spiro atoms. The molecule has 2 amide bonds. The molecule has 17 nitrogen and oxygen atoms in total. The first-order chi connectivity index (χ1) is 29.6. The topological polar surface area (TPSA) is 236 Å². The lowest BCUT2D eigenvalue weighted by Crippen LogP contribution is -2.18. The van der Waals surface area contributed by atoms with Gasteiger partial charge >= 0.3 is 0 Å². The molecule has 63 heavy (non-hydrogen) atoms. The molecule has 22 heteroatoms. The molecular weight excluding hydrogens is 880 g/mol. The molecule has 0 radical (unpaired) electrons. The van der Waals surface area contributed by atoms with Crippen molar-refractivity contribution in [3.8, 4) is 0 Å². The van der Waals surface area contributed by atoms with Crippen LogP contribution in [0.15, 0.2) is 82.6 Å². The number of fused-ring (bicyclic) bond motifs is 2. The van der Waals surface area contributed by atoms with E-state index in [1.807, 2.05) is 32.0 Å². The van der Waals surface area contributed by atoms with Crippen molar-refractivity contribution in [2.24, 2.45) is 0 Å². The lowest BCUT2D eigenvalue weighted by Gasteiger charge is -2.15. The van der Waals surface area contributed by atoms with Gasteiger partial charge in [-0.1, -0.05) is 11.6 Å². The van der Waals surface area contributed by atoms with E-state index in [9.17, 15) is 35.2 Å². The summed E-state index contributed by atoms with van der Waals surface area (Å²) in [6.07, 6.45) is 2.37. The highest BCUT2D eigenvalue weighted by atomic mass is 35.5. The molecule has 6 heterocycles. The van der Waals surface area contributed by atoms with Gasteiger partial charge in [-0.2, -0.15) is 15.3 Å². The van der Waals surface area contributed by atoms with Gasteiger partial charge in [0, 0.05) is 38.7 Å². The summed E-state index contributed by atoms with van der Waals surface area (Å²) < 4.78 is 75.3. The summed E-state index contributed by atoms with van der Waals surface area (Å²) in [5.41, 5.74) is 11.1. The number of nitrogen functional groups attached to an aromatic ring is 1. The number of hydrogen-bond acceptors (Lipinski definition) is 15. The quantitative estimate of drug-likeness (QED) is 0.157. The molecule has 4 aromatic heterocycles. The molecule has 2 aliphatic heterocycles. The highest BCUT2D eigenvalue weighted by Gasteiger charge is 2.32. The van der Waals surface area contributed by atoms with Gasteiger partial charge in [0.25, 0.3) is 11.8 Å². The van der Waals surface area contributed by atoms with Crippen molar-refractivity contribution in [3.63, 3.8) is 0 Å². The van der Waals surface area contributed by atoms with Gasteiger partial charge in [0.1, 0.15) is 22.6 Å². The second kappa shape index (κ2) is 18.3. The van der Waals surface area contributed by atoms with Crippen LogP contribution in [0, 0.1) is 25.5 Å². The molecule has 0 unspecified atom stereocenters. The van der Waals surface area contributed by atoms with Gasteiger partial charge in [-0.15, -0.1) is 5.10 Å². The van der Waals surface area contributed by atoms with Crippen LogP contribution in [-0.4, -0.2) is 95.4 Å². The average molecular weight is 920 g/mol. The van der Waals surface area contributed by atoms with E-state index in [4.69, 9.17) is 17.3 Å². The predicted molar refractivity (Wildman–Crippen MR) is 231 cm³/mol. The third-order valence-electron chi connectivity index (χ3n) is 9.36. The predicted octanol–water partition coefficient (Wildman–Crippen LogP) is 5.62. The zero-order chi connectivity index (χ0) is 46.0. The lowest BCUT2D eigenvalue weighted by atomic mass is 10.1. The van der Waals surface area contributed by atoms with Crippen LogP contribution >= 0.6 is 11.6 Å². The number of nitrogens with two attached hydrogens (primary N) is 1. The Morgan fingerprint density at radius 3 is 1.56 bits per heavy atom. The van der Waals surface area contributed by atoms with E-state index in [2.05, 4.69) is 41.0 Å². The number of rotatable bonds is 8. The minimum absolute atomic E-state index is 0.158. The van der Waals surface area contributed by atoms with E-state index in [0.29, 0.717) is 70.6 Å². The second-order valence-corrected chi connectivity index (χ2v) is 19.0. The summed E-state index contributed by atoms with van der Waals surface area (Å²) in [5, 5.41) is 21.6. The van der Waals surface area contributed by atoms with Crippen molar-refractivity contribution in [3.05, 3.63) is 135 Å². The summed E-state index contributed by atoms with van der Waals surface area (Å²) in [7, 11) is -4.09. The van der Waals surface area contributed by atoms with Crippen LogP contribution in [-0.2, 0) is 39.2 Å². The first kappa shape index (κ1) is 45.8. The van der Waals surface area contributed by atoms with Crippen molar-refractivity contribution < 1.29 is 35.2 Å². The van der Waals surface area contributed by atoms with Gasteiger partial charge in [-0.05, 0) is 86.6 Å². The number of hydrogen-bond donors (Lipinski definition) is 3. The fourth-order valence-corrected chi connectivity index (χ4v) is 8.31. The highest BCUT2D eigenvalue weighted by molar-refractivity contribution is 7.91. The molecule has 2 aliphatic rings. The van der Waals surface area contributed by atoms with Crippen molar-refractivity contribution >= 4 is 71.7 Å². The summed E-state index contributed by atoms with van der Waals surface area (Å²) in [4.78, 5) is 36.3. The van der Waals surface area contributed by atoms with Crippen LogP contribution in [0.4, 0.5) is 37.3 Å². The van der Waals surface area contributed by atoms with Gasteiger partial charge < -0.3 is 26.2 Å². The number of nitrogens with zero attached hydrogens (tertiary/aromatic N) is 8. The van der Waals surface area contributed by atoms with E-state index in [1.165, 1.54) is 28.0 Å². The van der Waals surface area contributed by atoms with Crippen molar-refractivity contribution in [2.45, 2.75) is 43.1 Å². The maximum atomic E-state index is 13.7. The van der Waals surface area contributed by atoms with Crippen LogP contribution in [0.2, 0.25) is 5.15 Å². The normalized spacial score (nSPS) is 13.1. The van der Waals surface area contributed by atoms with Crippen LogP contribution in [0.25, 0.3) is 0 Å². The van der Waals surface area contributed by atoms with E-state index in [-0.39, 0.29) is 38.1 Å². The fourth-order valence-electron chi connectivity index (χ4n) is 6.41. The number of pyridine rings is 2. The SMILES string of the molecule is CN1Cc2nc(Cl)cc(Nc3ccc(F)cc3S(C)(=O)=O)c2C1=O.Cc1ccc(Cc2cc(Nc3ccc(F)cc3S(C)(=O)=O)c3c(n2)CN(C)C3=O)nn1.Cc1ccc(N)nn1. The molecule has 0 atom stereocenters. The Labute approximate surface area is 366 Å². The largest absolute Gasteiger partial charge is 0.382 e. The fraction of sp³-hybridized carbons (Fsp3) is 0.220. The lowest BCUT2D eigenvalue weighted by molar-refractivity contribution is 0.0809. The monoisotopic (exact) mass is 919 g/mol. The van der Waals surface area contributed by atoms with Gasteiger partial charge in [-0.25, -0.2) is 30.6 Å². The molecule has 2 aromatic carbocycles. The van der Waals surface area contributed by atoms with Gasteiger partial charge in [0.05, 0.1) is 85.2 Å². The molecule has 6 aromatic rings. The average Bonchev–Trinajstić information content (AvgIpc) is 3.66. The molecular formula is C41H40ClF2N11O6S2. The van der Waals surface area contributed by atoms with E-state index >= 15 is 0 Å². The van der Waals surface area contributed by atoms with E-state index in [1.54, 1.807) is 26.2 Å². The number of carbonyl (C=O) groups excluding carboxylic acids is 2. The number of aryl methyl sites for hydroxylation is 2. The minimum Gasteiger partial charge on any atom is -0.382 e. The number of aromatic nitrogens is 6. The molecule has 328 valence electrons. The Hall–Kier alpha value is -6.71. The van der Waals surface area contributed by atoms with Crippen molar-refractivity contribution in [1.82, 2.24) is 40.2 Å². The third-order valence-corrected chi connectivity index (χ3v) is 11.8. The Morgan fingerprint density at radius 2 is 1.11 bits per heavy atom. The summed E-state index contributed by atoms with van der Waals surface area (Å²) in [6, 6.07) is 17.2. The first-order valence-electron chi connectivity index (χ1n) is 18.7. The van der Waals surface area contributed by atoms with Crippen LogP contribution in [0.5, 0.6) is 0 Å². The number of anilines is 5. The Balaban J connectivity index is 0.000000182. The third kappa shape index (κ3) is 11.0. The summed E-state index contributed by atoms with van der Waals surface area (Å²) >= 11 is 5.99. The summed E-state index contributed by atoms with van der Waals surface area (Å²) in [6.45, 7) is 4.35.